The summed E-state index contributed by atoms with van der Waals surface area (Å²) in [5, 5.41) is 0. The number of nitrogens with one attached hydrogen (secondary N) is 1. The molecule has 2 unspecified atom stereocenters. The van der Waals surface area contributed by atoms with Gasteiger partial charge in [0.25, 0.3) is 0 Å². The van der Waals surface area contributed by atoms with E-state index >= 15 is 0 Å². The van der Waals surface area contributed by atoms with Crippen LogP contribution >= 0.6 is 0 Å². The molecule has 2 aromatic heterocycles. The predicted octanol–water partition coefficient (Wildman–Crippen LogP) is 3.11. The van der Waals surface area contributed by atoms with Crippen LogP contribution in [-0.4, -0.2) is 53.8 Å². The molecule has 4 rings (SSSR count). The maximum atomic E-state index is 12.9. The largest absolute Gasteiger partial charge is 0.433 e. The highest BCUT2D eigenvalue weighted by Crippen LogP contribution is 2.32. The molecule has 0 spiro atoms. The summed E-state index contributed by atoms with van der Waals surface area (Å²) in [6, 6.07) is 3.96. The Morgan fingerprint density at radius 1 is 1.28 bits per heavy atom. The van der Waals surface area contributed by atoms with Crippen LogP contribution in [0.15, 0.2) is 18.2 Å². The molecule has 2 aliphatic rings. The lowest BCUT2D eigenvalue weighted by Gasteiger charge is -2.33. The molecule has 158 valence electrons. The van der Waals surface area contributed by atoms with Crippen molar-refractivity contribution in [1.82, 2.24) is 14.9 Å². The first-order chi connectivity index (χ1) is 13.6. The number of fused-ring (bicyclic) bond motifs is 1. The van der Waals surface area contributed by atoms with E-state index in [4.69, 9.17) is 0 Å². The Hall–Kier alpha value is -2.10. The third-order valence-corrected chi connectivity index (χ3v) is 7.63. The van der Waals surface area contributed by atoms with E-state index in [1.54, 1.807) is 11.0 Å². The Labute approximate surface area is 166 Å². The Kier molecular flexibility index (Phi) is 5.08. The monoisotopic (exact) mass is 429 g/mol. The molecule has 2 aromatic rings. The number of sulfone groups is 1. The molecule has 29 heavy (non-hydrogen) atoms. The molecule has 0 aromatic carbocycles. The molecule has 4 heterocycles. The Balaban J connectivity index is 1.46. The fourth-order valence-electron chi connectivity index (χ4n) is 4.27. The lowest BCUT2D eigenvalue weighted by molar-refractivity contribution is -0.141. The van der Waals surface area contributed by atoms with E-state index in [0.29, 0.717) is 25.0 Å². The van der Waals surface area contributed by atoms with Crippen molar-refractivity contribution in [3.05, 3.63) is 29.6 Å². The van der Waals surface area contributed by atoms with Crippen molar-refractivity contribution in [1.29, 1.82) is 0 Å². The fraction of sp³-hybridized carbons (Fsp3) is 0.579. The number of alkyl halides is 3. The maximum Gasteiger partial charge on any atom is 0.433 e. The van der Waals surface area contributed by atoms with Gasteiger partial charge in [-0.1, -0.05) is 0 Å². The highest BCUT2D eigenvalue weighted by Gasteiger charge is 2.34. The van der Waals surface area contributed by atoms with E-state index in [9.17, 15) is 26.4 Å². The summed E-state index contributed by atoms with van der Waals surface area (Å²) >= 11 is 0. The fourth-order valence-corrected chi connectivity index (χ4v) is 6.14. The van der Waals surface area contributed by atoms with Gasteiger partial charge in [-0.25, -0.2) is 13.4 Å². The number of piperidine rings is 1. The van der Waals surface area contributed by atoms with Gasteiger partial charge >= 0.3 is 6.18 Å². The summed E-state index contributed by atoms with van der Waals surface area (Å²) in [5.74, 6) is 0.0423. The zero-order valence-corrected chi connectivity index (χ0v) is 16.5. The molecule has 2 saturated heterocycles. The zero-order chi connectivity index (χ0) is 20.8. The van der Waals surface area contributed by atoms with Crippen LogP contribution in [0.5, 0.6) is 0 Å². The molecular weight excluding hydrogens is 407 g/mol. The number of hydrogen-bond donors (Lipinski definition) is 1. The number of carbonyl (C=O) groups is 1. The van der Waals surface area contributed by atoms with Crippen LogP contribution in [-0.2, 0) is 20.8 Å². The molecule has 2 fully saturated rings. The molecular formula is C19H22F3N3O3S. The third kappa shape index (κ3) is 4.41. The summed E-state index contributed by atoms with van der Waals surface area (Å²) < 4.78 is 61.8. The highest BCUT2D eigenvalue weighted by molar-refractivity contribution is 7.91. The second-order valence-electron chi connectivity index (χ2n) is 8.00. The van der Waals surface area contributed by atoms with Crippen molar-refractivity contribution in [2.75, 3.05) is 24.6 Å². The van der Waals surface area contributed by atoms with E-state index < -0.39 is 21.7 Å². The second kappa shape index (κ2) is 7.30. The standard InChI is InChI=1S/C19H22F3N3O3S/c20-19(21,22)17-4-3-14-16(24-17)9-15(23-14)13-2-1-6-25(10-13)18(26)8-12-5-7-29(27,28)11-12/h3-4,9,12-13,23H,1-2,5-8,10-11H2. The van der Waals surface area contributed by atoms with Crippen LogP contribution in [0.1, 0.15) is 43.0 Å². The van der Waals surface area contributed by atoms with Crippen LogP contribution < -0.4 is 0 Å². The average Bonchev–Trinajstić information content (AvgIpc) is 3.23. The van der Waals surface area contributed by atoms with Crippen molar-refractivity contribution < 1.29 is 26.4 Å². The van der Waals surface area contributed by atoms with Crippen LogP contribution in [0.2, 0.25) is 0 Å². The molecule has 6 nitrogen and oxygen atoms in total. The van der Waals surface area contributed by atoms with Gasteiger partial charge in [-0.3, -0.25) is 4.79 Å². The van der Waals surface area contributed by atoms with Gasteiger partial charge in [0.05, 0.1) is 22.5 Å². The van der Waals surface area contributed by atoms with Gasteiger partial charge in [0.1, 0.15) is 5.69 Å². The minimum atomic E-state index is -4.49. The number of hydrogen-bond acceptors (Lipinski definition) is 4. The molecule has 0 saturated carbocycles. The van der Waals surface area contributed by atoms with E-state index in [1.165, 1.54) is 6.07 Å². The number of amides is 1. The smallest absolute Gasteiger partial charge is 0.357 e. The number of likely N-dealkylation sites (tertiary alicyclic amines) is 1. The van der Waals surface area contributed by atoms with E-state index in [-0.39, 0.29) is 41.2 Å². The van der Waals surface area contributed by atoms with E-state index in [1.807, 2.05) is 0 Å². The topological polar surface area (TPSA) is 83.1 Å². The summed E-state index contributed by atoms with van der Waals surface area (Å²) in [6.07, 6.45) is -2.13. The van der Waals surface area contributed by atoms with E-state index in [0.717, 1.165) is 24.6 Å². The lowest BCUT2D eigenvalue weighted by Crippen LogP contribution is -2.40. The van der Waals surface area contributed by atoms with Crippen molar-refractivity contribution in [2.24, 2.45) is 5.92 Å². The molecule has 0 radical (unpaired) electrons. The normalized spacial score (nSPS) is 24.9. The van der Waals surface area contributed by atoms with Crippen molar-refractivity contribution >= 4 is 26.8 Å². The quantitative estimate of drug-likeness (QED) is 0.813. The van der Waals surface area contributed by atoms with Crippen molar-refractivity contribution in [3.63, 3.8) is 0 Å². The first kappa shape index (κ1) is 20.2. The molecule has 10 heteroatoms. The molecule has 2 atom stereocenters. The minimum Gasteiger partial charge on any atom is -0.357 e. The number of H-pyrrole nitrogens is 1. The van der Waals surface area contributed by atoms with Gasteiger partial charge in [-0.05, 0) is 43.4 Å². The van der Waals surface area contributed by atoms with Gasteiger partial charge in [0, 0.05) is 31.1 Å². The SMILES string of the molecule is O=C(CC1CCS(=O)(=O)C1)N1CCCC(c2cc3nc(C(F)(F)F)ccc3[nH]2)C1. The number of pyridine rings is 1. The molecule has 0 aliphatic carbocycles. The van der Waals surface area contributed by atoms with E-state index in [2.05, 4.69) is 9.97 Å². The van der Waals surface area contributed by atoms with Gasteiger partial charge in [0.2, 0.25) is 5.91 Å². The second-order valence-corrected chi connectivity index (χ2v) is 10.2. The highest BCUT2D eigenvalue weighted by atomic mass is 32.2. The summed E-state index contributed by atoms with van der Waals surface area (Å²) in [4.78, 5) is 21.2. The van der Waals surface area contributed by atoms with Crippen LogP contribution in [0.3, 0.4) is 0 Å². The summed E-state index contributed by atoms with van der Waals surface area (Å²) in [5.41, 5.74) is 0.636. The predicted molar refractivity (Wildman–Crippen MR) is 101 cm³/mol. The average molecular weight is 429 g/mol. The van der Waals surface area contributed by atoms with Gasteiger partial charge in [-0.15, -0.1) is 0 Å². The number of aromatic nitrogens is 2. The number of carbonyl (C=O) groups excluding carboxylic acids is 1. The molecule has 1 N–H and O–H groups in total. The van der Waals surface area contributed by atoms with Gasteiger partial charge < -0.3 is 9.88 Å². The first-order valence-corrected chi connectivity index (χ1v) is 11.5. The number of nitrogens with zero attached hydrogens (tertiary/aromatic N) is 2. The molecule has 1 amide bonds. The van der Waals surface area contributed by atoms with Crippen LogP contribution in [0.25, 0.3) is 11.0 Å². The first-order valence-electron chi connectivity index (χ1n) is 9.66. The number of rotatable bonds is 3. The Bertz CT molecular complexity index is 1030. The van der Waals surface area contributed by atoms with Gasteiger partial charge in [0.15, 0.2) is 9.84 Å². The van der Waals surface area contributed by atoms with Crippen LogP contribution in [0.4, 0.5) is 13.2 Å². The van der Waals surface area contributed by atoms with Crippen LogP contribution in [0, 0.1) is 5.92 Å². The minimum absolute atomic E-state index is 0.0106. The lowest BCUT2D eigenvalue weighted by atomic mass is 9.94. The summed E-state index contributed by atoms with van der Waals surface area (Å²) in [6.45, 7) is 1.09. The maximum absolute atomic E-state index is 12.9. The molecule has 2 aliphatic heterocycles. The Morgan fingerprint density at radius 3 is 2.76 bits per heavy atom. The zero-order valence-electron chi connectivity index (χ0n) is 15.7. The Morgan fingerprint density at radius 2 is 2.07 bits per heavy atom. The van der Waals surface area contributed by atoms with Crippen molar-refractivity contribution in [3.8, 4) is 0 Å². The third-order valence-electron chi connectivity index (χ3n) is 5.79. The van der Waals surface area contributed by atoms with Crippen molar-refractivity contribution in [2.45, 2.75) is 37.8 Å². The number of aromatic amines is 1. The van der Waals surface area contributed by atoms with Gasteiger partial charge in [-0.2, -0.15) is 13.2 Å². The molecule has 0 bridgehead atoms. The summed E-state index contributed by atoms with van der Waals surface area (Å²) in [7, 11) is -3.02. The number of halogens is 3.